The van der Waals surface area contributed by atoms with Crippen molar-refractivity contribution in [2.45, 2.75) is 24.0 Å². The van der Waals surface area contributed by atoms with Crippen molar-refractivity contribution in [1.82, 2.24) is 4.90 Å². The zero-order valence-corrected chi connectivity index (χ0v) is 16.2. The fourth-order valence-corrected chi connectivity index (χ4v) is 4.46. The molecule has 1 heterocycles. The van der Waals surface area contributed by atoms with Gasteiger partial charge < -0.3 is 14.4 Å². The van der Waals surface area contributed by atoms with Crippen LogP contribution in [0.5, 0.6) is 11.5 Å². The normalized spacial score (nSPS) is 19.4. The first-order chi connectivity index (χ1) is 12.9. The molecule has 0 saturated carbocycles. The quantitative estimate of drug-likeness (QED) is 0.738. The van der Waals surface area contributed by atoms with E-state index >= 15 is 0 Å². The zero-order chi connectivity index (χ0) is 19.6. The van der Waals surface area contributed by atoms with E-state index in [2.05, 4.69) is 0 Å². The molecule has 0 spiro atoms. The van der Waals surface area contributed by atoms with Crippen molar-refractivity contribution >= 4 is 17.7 Å². The van der Waals surface area contributed by atoms with Gasteiger partial charge in [0.25, 0.3) is 0 Å². The van der Waals surface area contributed by atoms with Gasteiger partial charge in [0.15, 0.2) is 11.5 Å². The van der Waals surface area contributed by atoms with Gasteiger partial charge in [-0.05, 0) is 37.1 Å². The monoisotopic (exact) mass is 393 g/mol. The van der Waals surface area contributed by atoms with Crippen LogP contribution in [-0.4, -0.2) is 36.8 Å². The predicted molar refractivity (Wildman–Crippen MR) is 101 cm³/mol. The Balaban J connectivity index is 1.80. The fourth-order valence-electron chi connectivity index (χ4n) is 3.13. The Morgan fingerprint density at radius 3 is 2.48 bits per heavy atom. The first kappa shape index (κ1) is 19.5. The number of methoxy groups -OCH3 is 2. The lowest BCUT2D eigenvalue weighted by atomic mass is 10.1. The van der Waals surface area contributed by atoms with E-state index in [-0.39, 0.29) is 11.2 Å². The maximum absolute atomic E-state index is 14.3. The molecular formula is C20H21F2NO3S. The number of benzene rings is 2. The molecule has 0 radical (unpaired) electrons. The third-order valence-electron chi connectivity index (χ3n) is 4.56. The lowest BCUT2D eigenvalue weighted by Gasteiger charge is -2.24. The number of hydrogen-bond acceptors (Lipinski definition) is 4. The second-order valence-electron chi connectivity index (χ2n) is 6.27. The average molecular weight is 393 g/mol. The molecule has 2 aromatic rings. The summed E-state index contributed by atoms with van der Waals surface area (Å²) in [6.07, 6.45) is 0.582. The molecule has 144 valence electrons. The van der Waals surface area contributed by atoms with Crippen molar-refractivity contribution in [3.8, 4) is 11.5 Å². The summed E-state index contributed by atoms with van der Waals surface area (Å²) in [7, 11) is 3.14. The van der Waals surface area contributed by atoms with Crippen LogP contribution in [0, 0.1) is 11.6 Å². The molecule has 0 bridgehead atoms. The summed E-state index contributed by atoms with van der Waals surface area (Å²) >= 11 is 1.37. The van der Waals surface area contributed by atoms with Crippen LogP contribution >= 0.6 is 11.8 Å². The largest absolute Gasteiger partial charge is 0.493 e. The summed E-state index contributed by atoms with van der Waals surface area (Å²) in [5, 5.41) is -0.738. The van der Waals surface area contributed by atoms with Crippen molar-refractivity contribution < 1.29 is 23.0 Å². The Bertz CT molecular complexity index is 846. The van der Waals surface area contributed by atoms with Crippen LogP contribution in [0.4, 0.5) is 8.78 Å². The minimum atomic E-state index is -0.634. The molecule has 1 fully saturated rings. The molecule has 1 saturated heterocycles. The van der Waals surface area contributed by atoms with Gasteiger partial charge in [-0.3, -0.25) is 4.79 Å². The Morgan fingerprint density at radius 1 is 1.07 bits per heavy atom. The number of rotatable bonds is 6. The minimum Gasteiger partial charge on any atom is -0.493 e. The molecule has 1 aliphatic heterocycles. The molecule has 1 aliphatic rings. The highest BCUT2D eigenvalue weighted by Gasteiger charge is 2.39. The van der Waals surface area contributed by atoms with Gasteiger partial charge in [0.05, 0.1) is 19.5 Å². The molecule has 0 N–H and O–H groups in total. The highest BCUT2D eigenvalue weighted by molar-refractivity contribution is 8.01. The zero-order valence-electron chi connectivity index (χ0n) is 15.4. The Morgan fingerprint density at radius 2 is 1.81 bits per heavy atom. The molecule has 1 amide bonds. The number of carbonyl (C=O) groups is 1. The molecule has 3 rings (SSSR count). The molecule has 0 unspecified atom stereocenters. The number of hydrogen-bond donors (Lipinski definition) is 0. The number of thioether (sulfide) groups is 1. The Labute approximate surface area is 161 Å². The number of halogens is 2. The van der Waals surface area contributed by atoms with Crippen molar-refractivity contribution in [1.29, 1.82) is 0 Å². The number of amides is 1. The van der Waals surface area contributed by atoms with E-state index in [1.54, 1.807) is 26.0 Å². The SMILES string of the molecule is COc1ccc(CCN2C(=O)[C@H](C)S[C@@H]2c2ccc(F)cc2F)cc1OC. The van der Waals surface area contributed by atoms with Crippen LogP contribution < -0.4 is 9.47 Å². The average Bonchev–Trinajstić information content (AvgIpc) is 2.93. The fraction of sp³-hybridized carbons (Fsp3) is 0.350. The smallest absolute Gasteiger partial charge is 0.236 e. The maximum atomic E-state index is 14.3. The first-order valence-electron chi connectivity index (χ1n) is 8.56. The summed E-state index contributed by atoms with van der Waals surface area (Å²) in [5.74, 6) is -0.0595. The summed E-state index contributed by atoms with van der Waals surface area (Å²) in [4.78, 5) is 14.2. The lowest BCUT2D eigenvalue weighted by molar-refractivity contribution is -0.129. The molecule has 0 aromatic heterocycles. The number of nitrogens with zero attached hydrogens (tertiary/aromatic N) is 1. The van der Waals surface area contributed by atoms with E-state index in [1.807, 2.05) is 18.2 Å². The third kappa shape index (κ3) is 4.03. The molecule has 2 atom stereocenters. The van der Waals surface area contributed by atoms with Crippen molar-refractivity contribution in [3.63, 3.8) is 0 Å². The van der Waals surface area contributed by atoms with E-state index in [0.717, 1.165) is 11.6 Å². The number of carbonyl (C=O) groups excluding carboxylic acids is 1. The van der Waals surface area contributed by atoms with Gasteiger partial charge in [-0.1, -0.05) is 12.1 Å². The minimum absolute atomic E-state index is 0.0470. The summed E-state index contributed by atoms with van der Waals surface area (Å²) in [5.41, 5.74) is 1.30. The standard InChI is InChI=1S/C20H21F2NO3S/c1-12-19(24)23(20(27-12)15-6-5-14(21)11-16(15)22)9-8-13-4-7-17(25-2)18(10-13)26-3/h4-7,10-12,20H,8-9H2,1-3H3/t12-,20+/m0/s1. The lowest BCUT2D eigenvalue weighted by Crippen LogP contribution is -2.32. The number of ether oxygens (including phenoxy) is 2. The molecule has 0 aliphatic carbocycles. The van der Waals surface area contributed by atoms with Crippen molar-refractivity contribution in [2.75, 3.05) is 20.8 Å². The van der Waals surface area contributed by atoms with Crippen LogP contribution in [0.2, 0.25) is 0 Å². The van der Waals surface area contributed by atoms with Crippen LogP contribution in [0.15, 0.2) is 36.4 Å². The second kappa shape index (κ2) is 8.17. The maximum Gasteiger partial charge on any atom is 0.236 e. The van der Waals surface area contributed by atoms with Gasteiger partial charge in [-0.2, -0.15) is 0 Å². The molecule has 7 heteroatoms. The molecule has 2 aromatic carbocycles. The van der Waals surface area contributed by atoms with Crippen molar-refractivity contribution in [2.24, 2.45) is 0 Å². The van der Waals surface area contributed by atoms with Crippen LogP contribution in [0.3, 0.4) is 0 Å². The van der Waals surface area contributed by atoms with E-state index in [4.69, 9.17) is 9.47 Å². The molecular weight excluding hydrogens is 372 g/mol. The van der Waals surface area contributed by atoms with E-state index in [0.29, 0.717) is 30.0 Å². The van der Waals surface area contributed by atoms with Gasteiger partial charge in [-0.25, -0.2) is 8.78 Å². The Kier molecular flexibility index (Phi) is 5.89. The molecule has 27 heavy (non-hydrogen) atoms. The Hall–Kier alpha value is -2.28. The van der Waals surface area contributed by atoms with Crippen LogP contribution in [0.1, 0.15) is 23.4 Å². The van der Waals surface area contributed by atoms with Crippen molar-refractivity contribution in [3.05, 3.63) is 59.2 Å². The molecule has 4 nitrogen and oxygen atoms in total. The second-order valence-corrected chi connectivity index (χ2v) is 7.69. The van der Waals surface area contributed by atoms with E-state index in [1.165, 1.54) is 23.9 Å². The van der Waals surface area contributed by atoms with E-state index in [9.17, 15) is 13.6 Å². The van der Waals surface area contributed by atoms with Gasteiger partial charge in [0.1, 0.15) is 17.0 Å². The first-order valence-corrected chi connectivity index (χ1v) is 9.50. The summed E-state index contributed by atoms with van der Waals surface area (Å²) < 4.78 is 38.0. The highest BCUT2D eigenvalue weighted by Crippen LogP contribution is 2.43. The van der Waals surface area contributed by atoms with Gasteiger partial charge >= 0.3 is 0 Å². The third-order valence-corrected chi connectivity index (χ3v) is 5.94. The summed E-state index contributed by atoms with van der Waals surface area (Å²) in [6.45, 7) is 2.23. The predicted octanol–water partition coefficient (Wildman–Crippen LogP) is 4.19. The van der Waals surface area contributed by atoms with Crippen LogP contribution in [-0.2, 0) is 11.2 Å². The van der Waals surface area contributed by atoms with Gasteiger partial charge in [-0.15, -0.1) is 11.8 Å². The summed E-state index contributed by atoms with van der Waals surface area (Å²) in [6, 6.07) is 9.08. The van der Waals surface area contributed by atoms with Gasteiger partial charge in [0.2, 0.25) is 5.91 Å². The highest BCUT2D eigenvalue weighted by atomic mass is 32.2. The van der Waals surface area contributed by atoms with E-state index < -0.39 is 17.0 Å². The van der Waals surface area contributed by atoms with Crippen LogP contribution in [0.25, 0.3) is 0 Å². The van der Waals surface area contributed by atoms with Gasteiger partial charge in [0, 0.05) is 18.2 Å². The topological polar surface area (TPSA) is 38.8 Å².